The van der Waals surface area contributed by atoms with E-state index in [1.165, 1.54) is 12.8 Å². The van der Waals surface area contributed by atoms with Crippen molar-refractivity contribution in [1.29, 1.82) is 0 Å². The van der Waals surface area contributed by atoms with Crippen molar-refractivity contribution in [1.82, 2.24) is 10.2 Å². The second-order valence-corrected chi connectivity index (χ2v) is 7.88. The molecule has 1 unspecified atom stereocenters. The Labute approximate surface area is 143 Å². The summed E-state index contributed by atoms with van der Waals surface area (Å²) in [5.41, 5.74) is 0.0566. The van der Waals surface area contributed by atoms with Crippen LogP contribution < -0.4 is 5.32 Å². The molecule has 4 heteroatoms. The minimum Gasteiger partial charge on any atom is -0.351 e. The number of likely N-dealkylation sites (tertiary alicyclic amines) is 1. The lowest BCUT2D eigenvalue weighted by Gasteiger charge is -2.50. The summed E-state index contributed by atoms with van der Waals surface area (Å²) in [5.74, 6) is 0.182. The van der Waals surface area contributed by atoms with Gasteiger partial charge < -0.3 is 10.2 Å². The fraction of sp³-hybridized carbons (Fsp3) is 0.600. The molecule has 1 aromatic carbocycles. The van der Waals surface area contributed by atoms with Gasteiger partial charge in [-0.15, -0.1) is 0 Å². The Hall–Kier alpha value is -1.84. The van der Waals surface area contributed by atoms with Gasteiger partial charge in [-0.05, 0) is 44.6 Å². The summed E-state index contributed by atoms with van der Waals surface area (Å²) in [6.07, 6.45) is 7.10. The number of hydrogen-bond acceptors (Lipinski definition) is 2. The number of carbonyl (C=O) groups excluding carboxylic acids is 2. The summed E-state index contributed by atoms with van der Waals surface area (Å²) in [4.78, 5) is 27.8. The van der Waals surface area contributed by atoms with E-state index in [4.69, 9.17) is 0 Å². The number of carbonyl (C=O) groups is 2. The first-order valence-electron chi connectivity index (χ1n) is 9.25. The monoisotopic (exact) mass is 326 g/mol. The number of nitrogens with one attached hydrogen (secondary N) is 1. The van der Waals surface area contributed by atoms with Crippen LogP contribution in [0.15, 0.2) is 30.3 Å². The number of amides is 2. The van der Waals surface area contributed by atoms with E-state index >= 15 is 0 Å². The fourth-order valence-corrected chi connectivity index (χ4v) is 4.30. The van der Waals surface area contributed by atoms with Crippen molar-refractivity contribution in [3.05, 3.63) is 35.9 Å². The van der Waals surface area contributed by atoms with Crippen molar-refractivity contribution in [2.75, 3.05) is 6.54 Å². The highest BCUT2D eigenvalue weighted by Crippen LogP contribution is 2.51. The molecule has 4 rings (SSSR count). The quantitative estimate of drug-likeness (QED) is 0.925. The molecule has 3 aliphatic rings. The maximum Gasteiger partial charge on any atom is 0.245 e. The van der Waals surface area contributed by atoms with Crippen molar-refractivity contribution in [2.45, 2.75) is 68.9 Å². The van der Waals surface area contributed by atoms with Crippen LogP contribution in [-0.4, -0.2) is 34.8 Å². The molecule has 0 radical (unpaired) electrons. The van der Waals surface area contributed by atoms with E-state index in [1.807, 2.05) is 42.2 Å². The van der Waals surface area contributed by atoms with E-state index in [1.54, 1.807) is 0 Å². The lowest BCUT2D eigenvalue weighted by molar-refractivity contribution is -0.159. The summed E-state index contributed by atoms with van der Waals surface area (Å²) >= 11 is 0. The Bertz CT molecular complexity index is 647. The Morgan fingerprint density at radius 1 is 1.08 bits per heavy atom. The van der Waals surface area contributed by atoms with Crippen LogP contribution in [0, 0.1) is 0 Å². The van der Waals surface area contributed by atoms with Crippen LogP contribution in [0.1, 0.15) is 57.4 Å². The Kier molecular flexibility index (Phi) is 3.66. The van der Waals surface area contributed by atoms with Gasteiger partial charge in [0.05, 0.1) is 5.41 Å². The van der Waals surface area contributed by atoms with E-state index in [2.05, 4.69) is 5.32 Å². The highest BCUT2D eigenvalue weighted by molar-refractivity contribution is 5.98. The second kappa shape index (κ2) is 5.61. The van der Waals surface area contributed by atoms with Gasteiger partial charge in [0.25, 0.3) is 0 Å². The summed E-state index contributed by atoms with van der Waals surface area (Å²) < 4.78 is 0. The zero-order valence-corrected chi connectivity index (χ0v) is 14.4. The molecule has 0 aromatic heterocycles. The van der Waals surface area contributed by atoms with Gasteiger partial charge in [0.2, 0.25) is 11.8 Å². The summed E-state index contributed by atoms with van der Waals surface area (Å²) in [7, 11) is 0. The smallest absolute Gasteiger partial charge is 0.245 e. The van der Waals surface area contributed by atoms with Gasteiger partial charge in [-0.3, -0.25) is 9.59 Å². The number of benzene rings is 1. The van der Waals surface area contributed by atoms with E-state index in [0.29, 0.717) is 12.6 Å². The fourth-order valence-electron chi connectivity index (χ4n) is 4.30. The lowest BCUT2D eigenvalue weighted by Crippen LogP contribution is -2.69. The average Bonchev–Trinajstić information content (AvgIpc) is 3.25. The zero-order valence-electron chi connectivity index (χ0n) is 14.4. The van der Waals surface area contributed by atoms with Crippen LogP contribution in [0.4, 0.5) is 0 Å². The Morgan fingerprint density at radius 3 is 2.29 bits per heavy atom. The molecule has 1 atom stereocenters. The zero-order chi connectivity index (χ0) is 16.8. The van der Waals surface area contributed by atoms with Gasteiger partial charge in [-0.1, -0.05) is 43.2 Å². The van der Waals surface area contributed by atoms with E-state index in [0.717, 1.165) is 37.7 Å². The molecule has 1 heterocycles. The molecule has 1 saturated heterocycles. The molecule has 2 aliphatic carbocycles. The van der Waals surface area contributed by atoms with Crippen molar-refractivity contribution < 1.29 is 9.59 Å². The van der Waals surface area contributed by atoms with Gasteiger partial charge in [0, 0.05) is 12.6 Å². The summed E-state index contributed by atoms with van der Waals surface area (Å²) in [6, 6.07) is 10.3. The van der Waals surface area contributed by atoms with Crippen molar-refractivity contribution in [2.24, 2.45) is 0 Å². The molecule has 0 bridgehead atoms. The van der Waals surface area contributed by atoms with Gasteiger partial charge in [0.1, 0.15) is 5.54 Å². The lowest BCUT2D eigenvalue weighted by atomic mass is 9.82. The summed E-state index contributed by atoms with van der Waals surface area (Å²) in [5, 5.41) is 3.18. The first kappa shape index (κ1) is 15.7. The first-order valence-corrected chi connectivity index (χ1v) is 9.25. The van der Waals surface area contributed by atoms with E-state index < -0.39 is 5.54 Å². The third-order valence-electron chi connectivity index (χ3n) is 6.33. The normalized spacial score (nSPS) is 28.3. The molecule has 4 nitrogen and oxygen atoms in total. The predicted molar refractivity (Wildman–Crippen MR) is 92.5 cm³/mol. The standard InChI is InChI=1S/C20H26N2O2/c1-19(17(23)21-16-9-5-6-10-16)13-14-22(19)18(24)20(11-12-20)15-7-3-2-4-8-15/h2-4,7-8,16H,5-6,9-14H2,1H3,(H,21,23). The summed E-state index contributed by atoms with van der Waals surface area (Å²) in [6.45, 7) is 2.63. The van der Waals surface area contributed by atoms with Crippen LogP contribution in [-0.2, 0) is 15.0 Å². The predicted octanol–water partition coefficient (Wildman–Crippen LogP) is 2.77. The van der Waals surface area contributed by atoms with Crippen LogP contribution in [0.5, 0.6) is 0 Å². The highest BCUT2D eigenvalue weighted by Gasteiger charge is 2.59. The molecule has 24 heavy (non-hydrogen) atoms. The molecular weight excluding hydrogens is 300 g/mol. The highest BCUT2D eigenvalue weighted by atomic mass is 16.2. The number of nitrogens with zero attached hydrogens (tertiary/aromatic N) is 1. The average molecular weight is 326 g/mol. The third kappa shape index (κ3) is 2.35. The Morgan fingerprint density at radius 2 is 1.75 bits per heavy atom. The number of hydrogen-bond donors (Lipinski definition) is 1. The van der Waals surface area contributed by atoms with Gasteiger partial charge >= 0.3 is 0 Å². The van der Waals surface area contributed by atoms with Crippen molar-refractivity contribution in [3.8, 4) is 0 Å². The number of rotatable bonds is 4. The topological polar surface area (TPSA) is 49.4 Å². The molecule has 1 aliphatic heterocycles. The molecular formula is C20H26N2O2. The molecule has 2 saturated carbocycles. The minimum atomic E-state index is -0.663. The van der Waals surface area contributed by atoms with Crippen molar-refractivity contribution >= 4 is 11.8 Å². The van der Waals surface area contributed by atoms with Gasteiger partial charge in [-0.25, -0.2) is 0 Å². The maximum atomic E-state index is 13.2. The minimum absolute atomic E-state index is 0.0397. The first-order chi connectivity index (χ1) is 11.6. The van der Waals surface area contributed by atoms with Crippen molar-refractivity contribution in [3.63, 3.8) is 0 Å². The largest absolute Gasteiger partial charge is 0.351 e. The molecule has 128 valence electrons. The van der Waals surface area contributed by atoms with Crippen LogP contribution in [0.3, 0.4) is 0 Å². The molecule has 2 amide bonds. The van der Waals surface area contributed by atoms with Gasteiger partial charge in [0.15, 0.2) is 0 Å². The van der Waals surface area contributed by atoms with Crippen LogP contribution in [0.25, 0.3) is 0 Å². The molecule has 1 aromatic rings. The third-order valence-corrected chi connectivity index (χ3v) is 6.33. The second-order valence-electron chi connectivity index (χ2n) is 7.88. The molecule has 3 fully saturated rings. The molecule has 0 spiro atoms. The van der Waals surface area contributed by atoms with E-state index in [9.17, 15) is 9.59 Å². The molecule has 1 N–H and O–H groups in total. The van der Waals surface area contributed by atoms with Crippen LogP contribution >= 0.6 is 0 Å². The Balaban J connectivity index is 1.50. The van der Waals surface area contributed by atoms with Gasteiger partial charge in [-0.2, -0.15) is 0 Å². The maximum absolute atomic E-state index is 13.2. The SMILES string of the molecule is CC1(C(=O)NC2CCCC2)CCN1C(=O)C1(c2ccccc2)CC1. The van der Waals surface area contributed by atoms with Crippen LogP contribution in [0.2, 0.25) is 0 Å². The van der Waals surface area contributed by atoms with E-state index in [-0.39, 0.29) is 17.2 Å².